The summed E-state index contributed by atoms with van der Waals surface area (Å²) in [5.74, 6) is 2.49. The third-order valence-corrected chi connectivity index (χ3v) is 3.74. The van der Waals surface area contributed by atoms with Gasteiger partial charge in [0, 0.05) is 26.2 Å². The van der Waals surface area contributed by atoms with Crippen molar-refractivity contribution in [2.45, 2.75) is 6.54 Å². The quantitative estimate of drug-likeness (QED) is 0.369. The van der Waals surface area contributed by atoms with E-state index in [-0.39, 0.29) is 29.7 Å². The number of phenolic OH excluding ortho intramolecular Hbond substituents is 1. The Morgan fingerprint density at radius 3 is 2.54 bits per heavy atom. The number of likely N-dealkylation sites (N-methyl/N-ethyl adjacent to an activating group) is 1. The molecule has 2 aromatic carbocycles. The second kappa shape index (κ2) is 11.5. The van der Waals surface area contributed by atoms with E-state index in [2.05, 4.69) is 10.3 Å². The molecule has 0 saturated heterocycles. The number of para-hydroxylation sites is 1. The molecular weight excluding hydrogens is 445 g/mol. The number of ether oxygens (including phenoxy) is 2. The average molecular weight is 471 g/mol. The number of nitrogens with zero attached hydrogens (tertiary/aromatic N) is 2. The van der Waals surface area contributed by atoms with Crippen molar-refractivity contribution in [3.63, 3.8) is 0 Å². The molecule has 7 heteroatoms. The van der Waals surface area contributed by atoms with Gasteiger partial charge in [0.1, 0.15) is 23.9 Å². The highest BCUT2D eigenvalue weighted by atomic mass is 127. The number of phenols is 1. The van der Waals surface area contributed by atoms with Crippen molar-refractivity contribution in [2.75, 3.05) is 34.4 Å². The number of guanidine groups is 1. The first kappa shape index (κ1) is 21.9. The molecule has 142 valence electrons. The lowest BCUT2D eigenvalue weighted by molar-refractivity contribution is 0.281. The van der Waals surface area contributed by atoms with Gasteiger partial charge in [0.15, 0.2) is 5.96 Å². The summed E-state index contributed by atoms with van der Waals surface area (Å²) in [4.78, 5) is 6.24. The minimum Gasteiger partial charge on any atom is -0.508 e. The van der Waals surface area contributed by atoms with Crippen LogP contribution in [0.15, 0.2) is 53.5 Å². The molecule has 2 N–H and O–H groups in total. The van der Waals surface area contributed by atoms with Crippen LogP contribution in [0, 0.1) is 0 Å². The van der Waals surface area contributed by atoms with Crippen LogP contribution in [0.25, 0.3) is 0 Å². The van der Waals surface area contributed by atoms with E-state index >= 15 is 0 Å². The van der Waals surface area contributed by atoms with Crippen molar-refractivity contribution < 1.29 is 14.6 Å². The van der Waals surface area contributed by atoms with Crippen molar-refractivity contribution in [2.24, 2.45) is 4.99 Å². The molecular formula is C19H26IN3O3. The minimum atomic E-state index is 0. The third-order valence-electron chi connectivity index (χ3n) is 3.74. The van der Waals surface area contributed by atoms with E-state index in [1.54, 1.807) is 32.4 Å². The van der Waals surface area contributed by atoms with Crippen molar-refractivity contribution >= 4 is 29.9 Å². The van der Waals surface area contributed by atoms with E-state index in [1.165, 1.54) is 0 Å². The van der Waals surface area contributed by atoms with Crippen LogP contribution < -0.4 is 14.8 Å². The van der Waals surface area contributed by atoms with Crippen molar-refractivity contribution in [3.05, 3.63) is 54.1 Å². The summed E-state index contributed by atoms with van der Waals surface area (Å²) in [6, 6.07) is 14.8. The van der Waals surface area contributed by atoms with Gasteiger partial charge in [-0.2, -0.15) is 0 Å². The summed E-state index contributed by atoms with van der Waals surface area (Å²) in [7, 11) is 5.26. The number of methoxy groups -OCH3 is 1. The lowest BCUT2D eigenvalue weighted by atomic mass is 10.2. The van der Waals surface area contributed by atoms with Gasteiger partial charge in [-0.05, 0) is 30.3 Å². The molecule has 0 aliphatic carbocycles. The molecule has 0 heterocycles. The summed E-state index contributed by atoms with van der Waals surface area (Å²) in [6.45, 7) is 1.67. The molecule has 0 spiro atoms. The van der Waals surface area contributed by atoms with Gasteiger partial charge in [0.05, 0.1) is 13.7 Å². The molecule has 0 radical (unpaired) electrons. The SMILES string of the molecule is CN=C(NCc1cc(OC)ccc1O)N(C)CCOc1ccccc1.I. The summed E-state index contributed by atoms with van der Waals surface area (Å²) in [5, 5.41) is 13.2. The Morgan fingerprint density at radius 1 is 1.15 bits per heavy atom. The number of hydrogen-bond acceptors (Lipinski definition) is 4. The normalized spacial score (nSPS) is 10.7. The van der Waals surface area contributed by atoms with Crippen LogP contribution in [0.1, 0.15) is 5.56 Å². The minimum absolute atomic E-state index is 0. The molecule has 0 saturated carbocycles. The fourth-order valence-electron chi connectivity index (χ4n) is 2.31. The summed E-state index contributed by atoms with van der Waals surface area (Å²) >= 11 is 0. The maximum atomic E-state index is 9.95. The molecule has 0 aromatic heterocycles. The van der Waals surface area contributed by atoms with Gasteiger partial charge in [-0.1, -0.05) is 18.2 Å². The maximum absolute atomic E-state index is 9.95. The fraction of sp³-hybridized carbons (Fsp3) is 0.316. The second-order valence-corrected chi connectivity index (χ2v) is 5.48. The van der Waals surface area contributed by atoms with Gasteiger partial charge in [-0.25, -0.2) is 0 Å². The number of benzene rings is 2. The second-order valence-electron chi connectivity index (χ2n) is 5.48. The lowest BCUT2D eigenvalue weighted by Crippen LogP contribution is -2.40. The number of halogens is 1. The first-order valence-electron chi connectivity index (χ1n) is 8.09. The first-order valence-corrected chi connectivity index (χ1v) is 8.09. The van der Waals surface area contributed by atoms with Crippen molar-refractivity contribution in [1.82, 2.24) is 10.2 Å². The molecule has 0 aliphatic rings. The van der Waals surface area contributed by atoms with Gasteiger partial charge in [0.25, 0.3) is 0 Å². The molecule has 0 atom stereocenters. The lowest BCUT2D eigenvalue weighted by Gasteiger charge is -2.22. The number of rotatable bonds is 7. The Labute approximate surface area is 171 Å². The smallest absolute Gasteiger partial charge is 0.193 e. The molecule has 2 rings (SSSR count). The summed E-state index contributed by atoms with van der Waals surface area (Å²) < 4.78 is 10.9. The molecule has 26 heavy (non-hydrogen) atoms. The molecule has 0 fully saturated rings. The van der Waals surface area contributed by atoms with Gasteiger partial charge in [0.2, 0.25) is 0 Å². The van der Waals surface area contributed by atoms with E-state index in [4.69, 9.17) is 9.47 Å². The standard InChI is InChI=1S/C19H25N3O3.HI/c1-20-19(21-14-15-13-17(24-3)9-10-18(15)23)22(2)11-12-25-16-7-5-4-6-8-16;/h4-10,13,23H,11-12,14H2,1-3H3,(H,20,21);1H. The zero-order valence-corrected chi connectivity index (χ0v) is 17.6. The fourth-order valence-corrected chi connectivity index (χ4v) is 2.31. The Kier molecular flexibility index (Phi) is 9.64. The first-order chi connectivity index (χ1) is 12.1. The predicted octanol–water partition coefficient (Wildman–Crippen LogP) is 3.11. The van der Waals surface area contributed by atoms with Gasteiger partial charge < -0.3 is 24.8 Å². The van der Waals surface area contributed by atoms with Gasteiger partial charge >= 0.3 is 0 Å². The van der Waals surface area contributed by atoms with Crippen LogP contribution in [0.3, 0.4) is 0 Å². The highest BCUT2D eigenvalue weighted by Crippen LogP contribution is 2.22. The van der Waals surface area contributed by atoms with E-state index in [0.29, 0.717) is 25.4 Å². The van der Waals surface area contributed by atoms with Crippen molar-refractivity contribution in [1.29, 1.82) is 0 Å². The monoisotopic (exact) mass is 471 g/mol. The topological polar surface area (TPSA) is 66.3 Å². The zero-order valence-electron chi connectivity index (χ0n) is 15.3. The van der Waals surface area contributed by atoms with Gasteiger partial charge in [-0.15, -0.1) is 24.0 Å². The molecule has 6 nitrogen and oxygen atoms in total. The number of aliphatic imine (C=N–C) groups is 1. The third kappa shape index (κ3) is 6.62. The highest BCUT2D eigenvalue weighted by Gasteiger charge is 2.08. The van der Waals surface area contributed by atoms with Crippen LogP contribution in [0.5, 0.6) is 17.2 Å². The van der Waals surface area contributed by atoms with Crippen molar-refractivity contribution in [3.8, 4) is 17.2 Å². The number of hydrogen-bond donors (Lipinski definition) is 2. The largest absolute Gasteiger partial charge is 0.508 e. The van der Waals surface area contributed by atoms with Crippen LogP contribution in [-0.2, 0) is 6.54 Å². The van der Waals surface area contributed by atoms with Crippen LogP contribution >= 0.6 is 24.0 Å². The molecule has 0 unspecified atom stereocenters. The van der Waals surface area contributed by atoms with E-state index in [9.17, 15) is 5.11 Å². The summed E-state index contributed by atoms with van der Waals surface area (Å²) in [6.07, 6.45) is 0. The maximum Gasteiger partial charge on any atom is 0.193 e. The average Bonchev–Trinajstić information content (AvgIpc) is 2.64. The zero-order chi connectivity index (χ0) is 18.1. The Hall–Kier alpha value is -2.16. The Bertz CT molecular complexity index is 696. The van der Waals surface area contributed by atoms with Crippen LogP contribution in [0.2, 0.25) is 0 Å². The van der Waals surface area contributed by atoms with E-state index in [0.717, 1.165) is 17.3 Å². The number of aromatic hydroxyl groups is 1. The Balaban J connectivity index is 0.00000338. The molecule has 0 amide bonds. The Morgan fingerprint density at radius 2 is 1.88 bits per heavy atom. The number of nitrogens with one attached hydrogen (secondary N) is 1. The van der Waals surface area contributed by atoms with Crippen LogP contribution in [0.4, 0.5) is 0 Å². The van der Waals surface area contributed by atoms with Gasteiger partial charge in [-0.3, -0.25) is 4.99 Å². The molecule has 0 aliphatic heterocycles. The molecule has 0 bridgehead atoms. The van der Waals surface area contributed by atoms with E-state index in [1.807, 2.05) is 42.3 Å². The highest BCUT2D eigenvalue weighted by molar-refractivity contribution is 14.0. The molecule has 2 aromatic rings. The van der Waals surface area contributed by atoms with E-state index < -0.39 is 0 Å². The van der Waals surface area contributed by atoms with Crippen LogP contribution in [-0.4, -0.2) is 50.3 Å². The predicted molar refractivity (Wildman–Crippen MR) is 115 cm³/mol. The summed E-state index contributed by atoms with van der Waals surface area (Å²) in [5.41, 5.74) is 0.745.